The number of ether oxygens (including phenoxy) is 2. The van der Waals surface area contributed by atoms with Gasteiger partial charge in [0.2, 0.25) is 0 Å². The van der Waals surface area contributed by atoms with Crippen molar-refractivity contribution in [3.05, 3.63) is 81.6 Å². The lowest BCUT2D eigenvalue weighted by molar-refractivity contribution is -0.144. The standard InChI is InChI=1S/C26H28N6O8/c1-3-39-21(33)15-31-13-5-7-19(23(31)35)29-25(37)27-17-9-11-18(12-10-17)28-26(38)30-20-8-6-14-32(24(20)36)16-22(34)40-4-2/h5-14H,3-4,15-16H2,1-2H3,(H2,27,29,37)(H2,28,30,38). The molecule has 40 heavy (non-hydrogen) atoms. The number of amides is 4. The summed E-state index contributed by atoms with van der Waals surface area (Å²) in [7, 11) is 0. The van der Waals surface area contributed by atoms with Crippen LogP contribution in [0.5, 0.6) is 0 Å². The first-order valence-electron chi connectivity index (χ1n) is 12.2. The van der Waals surface area contributed by atoms with Crippen LogP contribution in [0, 0.1) is 0 Å². The van der Waals surface area contributed by atoms with Crippen molar-refractivity contribution in [1.29, 1.82) is 0 Å². The van der Waals surface area contributed by atoms with Crippen molar-refractivity contribution in [3.8, 4) is 0 Å². The number of urea groups is 2. The second kappa shape index (κ2) is 13.9. The molecule has 4 N–H and O–H groups in total. The molecule has 2 aromatic heterocycles. The highest BCUT2D eigenvalue weighted by molar-refractivity contribution is 6.01. The van der Waals surface area contributed by atoms with Crippen LogP contribution in [-0.4, -0.2) is 46.3 Å². The van der Waals surface area contributed by atoms with E-state index in [0.717, 1.165) is 9.13 Å². The minimum atomic E-state index is -0.701. The normalized spacial score (nSPS) is 10.2. The molecule has 0 saturated heterocycles. The smallest absolute Gasteiger partial charge is 0.326 e. The lowest BCUT2D eigenvalue weighted by atomic mass is 10.3. The molecule has 0 saturated carbocycles. The van der Waals surface area contributed by atoms with E-state index in [2.05, 4.69) is 21.3 Å². The van der Waals surface area contributed by atoms with E-state index < -0.39 is 35.1 Å². The van der Waals surface area contributed by atoms with Gasteiger partial charge in [-0.2, -0.15) is 0 Å². The van der Waals surface area contributed by atoms with Crippen LogP contribution < -0.4 is 32.4 Å². The van der Waals surface area contributed by atoms with Gasteiger partial charge in [0.1, 0.15) is 24.5 Å². The number of nitrogens with zero attached hydrogens (tertiary/aromatic N) is 2. The summed E-state index contributed by atoms with van der Waals surface area (Å²) in [5.74, 6) is -1.16. The zero-order chi connectivity index (χ0) is 29.1. The molecule has 14 heteroatoms. The topological polar surface area (TPSA) is 179 Å². The summed E-state index contributed by atoms with van der Waals surface area (Å²) >= 11 is 0. The van der Waals surface area contributed by atoms with E-state index in [1.165, 1.54) is 60.9 Å². The number of benzene rings is 1. The Labute approximate surface area is 227 Å². The van der Waals surface area contributed by atoms with Crippen LogP contribution in [-0.2, 0) is 32.2 Å². The maximum Gasteiger partial charge on any atom is 0.326 e. The van der Waals surface area contributed by atoms with Gasteiger partial charge in [-0.05, 0) is 62.4 Å². The fraction of sp³-hybridized carbons (Fsp3) is 0.231. The van der Waals surface area contributed by atoms with Gasteiger partial charge in [0.25, 0.3) is 11.1 Å². The molecule has 2 heterocycles. The van der Waals surface area contributed by atoms with Crippen molar-refractivity contribution in [3.63, 3.8) is 0 Å². The molecule has 0 aliphatic heterocycles. The van der Waals surface area contributed by atoms with E-state index >= 15 is 0 Å². The summed E-state index contributed by atoms with van der Waals surface area (Å²) in [5.41, 5.74) is -0.528. The molecule has 14 nitrogen and oxygen atoms in total. The van der Waals surface area contributed by atoms with E-state index in [0.29, 0.717) is 11.4 Å². The molecule has 0 atom stereocenters. The lowest BCUT2D eigenvalue weighted by Crippen LogP contribution is -2.30. The predicted molar refractivity (Wildman–Crippen MR) is 146 cm³/mol. The number of hydrogen-bond acceptors (Lipinski definition) is 8. The van der Waals surface area contributed by atoms with Gasteiger partial charge >= 0.3 is 24.0 Å². The van der Waals surface area contributed by atoms with E-state index in [1.807, 2.05) is 0 Å². The third-order valence-electron chi connectivity index (χ3n) is 5.15. The SMILES string of the molecule is CCOC(=O)Cn1cccc(NC(=O)Nc2ccc(NC(=O)Nc3cccn(CC(=O)OCC)c3=O)cc2)c1=O. The second-order valence-electron chi connectivity index (χ2n) is 8.06. The average molecular weight is 553 g/mol. The molecule has 0 fully saturated rings. The number of rotatable bonds is 10. The van der Waals surface area contributed by atoms with Crippen molar-refractivity contribution in [2.75, 3.05) is 34.5 Å². The molecule has 3 aromatic rings. The van der Waals surface area contributed by atoms with Crippen molar-refractivity contribution in [1.82, 2.24) is 9.13 Å². The first-order chi connectivity index (χ1) is 19.2. The fourth-order valence-electron chi connectivity index (χ4n) is 3.41. The van der Waals surface area contributed by atoms with Crippen molar-refractivity contribution < 1.29 is 28.7 Å². The minimum absolute atomic E-state index is 0.0403. The Morgan fingerprint density at radius 2 is 1.00 bits per heavy atom. The molecule has 210 valence electrons. The molecule has 0 spiro atoms. The molecular weight excluding hydrogens is 524 g/mol. The van der Waals surface area contributed by atoms with Gasteiger partial charge in [0, 0.05) is 23.8 Å². The van der Waals surface area contributed by atoms with Crippen molar-refractivity contribution in [2.45, 2.75) is 26.9 Å². The van der Waals surface area contributed by atoms with Crippen LogP contribution in [0.4, 0.5) is 32.3 Å². The highest BCUT2D eigenvalue weighted by Gasteiger charge is 2.12. The van der Waals surface area contributed by atoms with E-state index in [9.17, 15) is 28.8 Å². The Morgan fingerprint density at radius 1 is 0.625 bits per heavy atom. The zero-order valence-corrected chi connectivity index (χ0v) is 21.8. The number of carbonyl (C=O) groups excluding carboxylic acids is 4. The summed E-state index contributed by atoms with van der Waals surface area (Å²) in [6, 6.07) is 10.4. The van der Waals surface area contributed by atoms with Gasteiger partial charge in [0.15, 0.2) is 0 Å². The van der Waals surface area contributed by atoms with Gasteiger partial charge in [-0.3, -0.25) is 19.2 Å². The number of esters is 2. The monoisotopic (exact) mass is 552 g/mol. The molecule has 0 aliphatic carbocycles. The number of hydrogen-bond donors (Lipinski definition) is 4. The summed E-state index contributed by atoms with van der Waals surface area (Å²) < 4.78 is 11.9. The summed E-state index contributed by atoms with van der Waals surface area (Å²) in [6.45, 7) is 3.08. The quantitative estimate of drug-likeness (QED) is 0.277. The molecule has 0 aliphatic rings. The maximum absolute atomic E-state index is 12.5. The molecule has 0 radical (unpaired) electrons. The average Bonchev–Trinajstić information content (AvgIpc) is 2.90. The zero-order valence-electron chi connectivity index (χ0n) is 21.8. The molecule has 4 amide bonds. The molecule has 1 aromatic carbocycles. The molecule has 0 unspecified atom stereocenters. The summed E-state index contributed by atoms with van der Waals surface area (Å²) in [4.78, 5) is 73.2. The van der Waals surface area contributed by atoms with Crippen LogP contribution in [0.3, 0.4) is 0 Å². The summed E-state index contributed by atoms with van der Waals surface area (Å²) in [6.07, 6.45) is 2.81. The van der Waals surface area contributed by atoms with E-state index in [4.69, 9.17) is 9.47 Å². The largest absolute Gasteiger partial charge is 0.465 e. The third kappa shape index (κ3) is 8.31. The van der Waals surface area contributed by atoms with Crippen molar-refractivity contribution >= 4 is 46.8 Å². The summed E-state index contributed by atoms with van der Waals surface area (Å²) in [5, 5.41) is 9.98. The number of carbonyl (C=O) groups is 4. The van der Waals surface area contributed by atoms with Gasteiger partial charge in [-0.25, -0.2) is 9.59 Å². The van der Waals surface area contributed by atoms with Gasteiger partial charge in [-0.15, -0.1) is 0 Å². The van der Waals surface area contributed by atoms with Crippen LogP contribution in [0.2, 0.25) is 0 Å². The van der Waals surface area contributed by atoms with Crippen LogP contribution in [0.25, 0.3) is 0 Å². The fourth-order valence-corrected chi connectivity index (χ4v) is 3.41. The highest BCUT2D eigenvalue weighted by atomic mass is 16.5. The Morgan fingerprint density at radius 3 is 1.35 bits per heavy atom. The molecule has 3 rings (SSSR count). The number of aromatic nitrogens is 2. The Kier molecular flexibility index (Phi) is 10.2. The van der Waals surface area contributed by atoms with Gasteiger partial charge in [-0.1, -0.05) is 0 Å². The van der Waals surface area contributed by atoms with Crippen LogP contribution in [0.15, 0.2) is 70.5 Å². The van der Waals surface area contributed by atoms with Gasteiger partial charge < -0.3 is 39.9 Å². The third-order valence-corrected chi connectivity index (χ3v) is 5.15. The number of anilines is 4. The second-order valence-corrected chi connectivity index (χ2v) is 8.06. The van der Waals surface area contributed by atoms with E-state index in [-0.39, 0.29) is 37.7 Å². The van der Waals surface area contributed by atoms with Crippen molar-refractivity contribution in [2.24, 2.45) is 0 Å². The lowest BCUT2D eigenvalue weighted by Gasteiger charge is -2.11. The Hall–Kier alpha value is -5.40. The maximum atomic E-state index is 12.5. The Balaban J connectivity index is 1.56. The predicted octanol–water partition coefficient (Wildman–Crippen LogP) is 2.42. The van der Waals surface area contributed by atoms with Crippen LogP contribution in [0.1, 0.15) is 13.8 Å². The number of pyridine rings is 2. The first kappa shape index (κ1) is 29.2. The van der Waals surface area contributed by atoms with Gasteiger partial charge in [0.05, 0.1) is 13.2 Å². The van der Waals surface area contributed by atoms with E-state index in [1.54, 1.807) is 13.8 Å². The highest BCUT2D eigenvalue weighted by Crippen LogP contribution is 2.14. The minimum Gasteiger partial charge on any atom is -0.465 e. The molecule has 0 bridgehead atoms. The first-order valence-corrected chi connectivity index (χ1v) is 12.2. The Bertz CT molecular complexity index is 1380. The molecular formula is C26H28N6O8. The van der Waals surface area contributed by atoms with Crippen LogP contribution >= 0.6 is 0 Å². The number of nitrogens with one attached hydrogen (secondary N) is 4.